The summed E-state index contributed by atoms with van der Waals surface area (Å²) in [6.07, 6.45) is 4.20. The van der Waals surface area contributed by atoms with Crippen molar-refractivity contribution in [3.05, 3.63) is 29.3 Å². The molecule has 1 aliphatic rings. The Morgan fingerprint density at radius 2 is 2.12 bits per heavy atom. The summed E-state index contributed by atoms with van der Waals surface area (Å²) in [4.78, 5) is 4.31. The smallest absolute Gasteiger partial charge is 0.191 e. The van der Waals surface area contributed by atoms with Crippen molar-refractivity contribution >= 4 is 28.4 Å². The van der Waals surface area contributed by atoms with Gasteiger partial charge in [0.2, 0.25) is 0 Å². The quantitative estimate of drug-likeness (QED) is 0.545. The molecule has 1 aromatic carbocycles. The minimum Gasteiger partial charge on any atom is -0.489 e. The number of ether oxygens (including phenoxy) is 1. The minimum absolute atomic E-state index is 0.0126. The molecule has 0 saturated heterocycles. The second-order valence-corrected chi connectivity index (χ2v) is 9.08. The van der Waals surface area contributed by atoms with E-state index in [-0.39, 0.29) is 6.10 Å². The molecule has 4 atom stereocenters. The number of guanidine groups is 1. The van der Waals surface area contributed by atoms with Crippen LogP contribution < -0.4 is 15.4 Å². The van der Waals surface area contributed by atoms with E-state index >= 15 is 0 Å². The molecule has 0 spiro atoms. The van der Waals surface area contributed by atoms with Crippen LogP contribution in [0.25, 0.3) is 0 Å². The first-order chi connectivity index (χ1) is 12.5. The molecule has 0 amide bonds. The van der Waals surface area contributed by atoms with Crippen LogP contribution in [0.1, 0.15) is 39.5 Å². The predicted octanol–water partition coefficient (Wildman–Crippen LogP) is 3.35. The monoisotopic (exact) mass is 399 g/mol. The van der Waals surface area contributed by atoms with Gasteiger partial charge in [-0.2, -0.15) is 0 Å². The average molecular weight is 400 g/mol. The summed E-state index contributed by atoms with van der Waals surface area (Å²) in [5.41, 5.74) is 0. The molecule has 0 radical (unpaired) electrons. The molecule has 4 unspecified atom stereocenters. The van der Waals surface area contributed by atoms with Gasteiger partial charge in [0.05, 0.1) is 6.54 Å². The van der Waals surface area contributed by atoms with E-state index < -0.39 is 10.8 Å². The van der Waals surface area contributed by atoms with Gasteiger partial charge in [0, 0.05) is 39.9 Å². The maximum atomic E-state index is 12.1. The molecular weight excluding hydrogens is 370 g/mol. The van der Waals surface area contributed by atoms with E-state index in [1.807, 2.05) is 38.1 Å². The first-order valence-electron chi connectivity index (χ1n) is 9.28. The molecule has 0 aromatic heterocycles. The molecule has 5 nitrogen and oxygen atoms in total. The summed E-state index contributed by atoms with van der Waals surface area (Å²) >= 11 is 5.89. The fourth-order valence-corrected chi connectivity index (χ4v) is 4.64. The van der Waals surface area contributed by atoms with Gasteiger partial charge >= 0.3 is 0 Å². The molecule has 1 aliphatic carbocycles. The molecule has 7 heteroatoms. The molecule has 2 rings (SSSR count). The van der Waals surface area contributed by atoms with Gasteiger partial charge in [0.25, 0.3) is 0 Å². The number of hydrogen-bond acceptors (Lipinski definition) is 3. The lowest BCUT2D eigenvalue weighted by molar-refractivity contribution is 0.223. The number of hydrogen-bond donors (Lipinski definition) is 2. The second-order valence-electron chi connectivity index (χ2n) is 6.63. The number of nitrogens with zero attached hydrogens (tertiary/aromatic N) is 1. The average Bonchev–Trinajstić information content (AvgIpc) is 2.66. The molecule has 1 aromatic rings. The lowest BCUT2D eigenvalue weighted by Crippen LogP contribution is -2.48. The zero-order valence-corrected chi connectivity index (χ0v) is 17.4. The molecule has 1 saturated carbocycles. The van der Waals surface area contributed by atoms with E-state index in [0.717, 1.165) is 43.1 Å². The maximum absolute atomic E-state index is 12.1. The predicted molar refractivity (Wildman–Crippen MR) is 111 cm³/mol. The lowest BCUT2D eigenvalue weighted by Gasteiger charge is -2.30. The highest BCUT2D eigenvalue weighted by Crippen LogP contribution is 2.23. The van der Waals surface area contributed by atoms with Crippen molar-refractivity contribution in [1.29, 1.82) is 0 Å². The van der Waals surface area contributed by atoms with E-state index in [1.165, 1.54) is 0 Å². The summed E-state index contributed by atoms with van der Waals surface area (Å²) in [7, 11) is 1.05. The highest BCUT2D eigenvalue weighted by atomic mass is 35.5. The zero-order chi connectivity index (χ0) is 18.9. The van der Waals surface area contributed by atoms with Crippen molar-refractivity contribution in [2.24, 2.45) is 4.99 Å². The van der Waals surface area contributed by atoms with E-state index in [0.29, 0.717) is 22.9 Å². The van der Waals surface area contributed by atoms with Crippen LogP contribution in [0.5, 0.6) is 5.75 Å². The fraction of sp³-hybridized carbons (Fsp3) is 0.632. The van der Waals surface area contributed by atoms with E-state index in [2.05, 4.69) is 15.6 Å². The molecule has 1 fully saturated rings. The highest BCUT2D eigenvalue weighted by Gasteiger charge is 2.26. The van der Waals surface area contributed by atoms with Gasteiger partial charge in [-0.1, -0.05) is 24.9 Å². The summed E-state index contributed by atoms with van der Waals surface area (Å²) < 4.78 is 18.0. The van der Waals surface area contributed by atoms with Crippen molar-refractivity contribution in [1.82, 2.24) is 10.6 Å². The third-order valence-corrected chi connectivity index (χ3v) is 6.55. The number of nitrogens with one attached hydrogen (secondary N) is 2. The van der Waals surface area contributed by atoms with Crippen LogP contribution in [0.3, 0.4) is 0 Å². The Bertz CT molecular complexity index is 609. The molecule has 0 bridgehead atoms. The first kappa shape index (κ1) is 21.0. The van der Waals surface area contributed by atoms with Gasteiger partial charge < -0.3 is 15.4 Å². The molecule has 0 heterocycles. The van der Waals surface area contributed by atoms with Crippen molar-refractivity contribution < 1.29 is 8.95 Å². The Morgan fingerprint density at radius 1 is 1.38 bits per heavy atom. The number of rotatable bonds is 7. The van der Waals surface area contributed by atoms with Crippen LogP contribution in [0, 0.1) is 0 Å². The van der Waals surface area contributed by atoms with Crippen molar-refractivity contribution in [3.8, 4) is 5.75 Å². The molecule has 0 aliphatic heterocycles. The maximum Gasteiger partial charge on any atom is 0.191 e. The van der Waals surface area contributed by atoms with Crippen LogP contribution in [0.2, 0.25) is 5.02 Å². The Labute approximate surface area is 164 Å². The second kappa shape index (κ2) is 10.8. The molecule has 2 N–H and O–H groups in total. The largest absolute Gasteiger partial charge is 0.489 e. The summed E-state index contributed by atoms with van der Waals surface area (Å²) in [6.45, 7) is 4.64. The summed E-state index contributed by atoms with van der Waals surface area (Å²) in [5, 5.41) is 7.79. The number of halogens is 1. The number of benzene rings is 1. The van der Waals surface area contributed by atoms with E-state index in [9.17, 15) is 4.21 Å². The Kier molecular flexibility index (Phi) is 8.72. The van der Waals surface area contributed by atoms with Crippen molar-refractivity contribution in [2.45, 2.75) is 56.9 Å². The first-order valence-corrected chi connectivity index (χ1v) is 11.0. The van der Waals surface area contributed by atoms with Gasteiger partial charge in [-0.05, 0) is 50.5 Å². The minimum atomic E-state index is -0.716. The van der Waals surface area contributed by atoms with E-state index in [1.54, 1.807) is 7.05 Å². The van der Waals surface area contributed by atoms with Gasteiger partial charge in [-0.25, -0.2) is 0 Å². The van der Waals surface area contributed by atoms with Crippen molar-refractivity contribution in [3.63, 3.8) is 0 Å². The highest BCUT2D eigenvalue weighted by molar-refractivity contribution is 7.85. The molecular formula is C19H30ClN3O2S. The molecule has 146 valence electrons. The van der Waals surface area contributed by atoms with Crippen LogP contribution in [0.4, 0.5) is 0 Å². The topological polar surface area (TPSA) is 62.7 Å². The van der Waals surface area contributed by atoms with Gasteiger partial charge in [-0.15, -0.1) is 0 Å². The zero-order valence-electron chi connectivity index (χ0n) is 15.8. The normalized spacial score (nSPS) is 23.2. The standard InChI is InChI=1S/C19H30ClN3O2S/c1-4-26(24)18-7-5-6-16(12-18)23-19(21-3)22-13-14(2)25-17-10-8-15(20)9-11-17/h8-11,14,16,18H,4-7,12-13H2,1-3H3,(H2,21,22,23). The Morgan fingerprint density at radius 3 is 2.77 bits per heavy atom. The van der Waals surface area contributed by atoms with Crippen molar-refractivity contribution in [2.75, 3.05) is 19.3 Å². The van der Waals surface area contributed by atoms with Gasteiger partial charge in [-0.3, -0.25) is 9.20 Å². The van der Waals surface area contributed by atoms with Crippen LogP contribution in [0.15, 0.2) is 29.3 Å². The third-order valence-electron chi connectivity index (χ3n) is 4.55. The van der Waals surface area contributed by atoms with Crippen LogP contribution in [-0.4, -0.2) is 46.9 Å². The van der Waals surface area contributed by atoms with Crippen LogP contribution >= 0.6 is 11.6 Å². The number of aliphatic imine (C=N–C) groups is 1. The molecule has 26 heavy (non-hydrogen) atoms. The fourth-order valence-electron chi connectivity index (χ4n) is 3.17. The lowest BCUT2D eigenvalue weighted by atomic mass is 9.95. The van der Waals surface area contributed by atoms with Crippen LogP contribution in [-0.2, 0) is 10.8 Å². The summed E-state index contributed by atoms with van der Waals surface area (Å²) in [5.74, 6) is 2.30. The SMILES string of the molecule is CCS(=O)C1CCCC(NC(=NC)NCC(C)Oc2ccc(Cl)cc2)C1. The Hall–Kier alpha value is -1.27. The Balaban J connectivity index is 1.78. The third kappa shape index (κ3) is 6.80. The van der Waals surface area contributed by atoms with E-state index in [4.69, 9.17) is 16.3 Å². The van der Waals surface area contributed by atoms with Gasteiger partial charge in [0.15, 0.2) is 5.96 Å². The summed E-state index contributed by atoms with van der Waals surface area (Å²) in [6, 6.07) is 7.68. The van der Waals surface area contributed by atoms with Gasteiger partial charge in [0.1, 0.15) is 11.9 Å².